The molecule has 0 aliphatic heterocycles. The van der Waals surface area contributed by atoms with Crippen molar-refractivity contribution < 1.29 is 4.79 Å². The summed E-state index contributed by atoms with van der Waals surface area (Å²) in [4.78, 5) is 11.5. The van der Waals surface area contributed by atoms with Gasteiger partial charge in [0.25, 0.3) is 0 Å². The topological polar surface area (TPSA) is 55.1 Å². The number of nitrogens with one attached hydrogen (secondary N) is 1. The van der Waals surface area contributed by atoms with Crippen molar-refractivity contribution in [1.82, 2.24) is 5.32 Å². The van der Waals surface area contributed by atoms with Crippen molar-refractivity contribution >= 4 is 5.91 Å². The number of carbonyl (C=O) groups is 1. The largest absolute Gasteiger partial charge is 0.353 e. The quantitative estimate of drug-likeness (QED) is 0.723. The van der Waals surface area contributed by atoms with Gasteiger partial charge in [0.1, 0.15) is 0 Å². The molecule has 3 heteroatoms. The van der Waals surface area contributed by atoms with Crippen LogP contribution in [0.2, 0.25) is 0 Å². The molecule has 3 nitrogen and oxygen atoms in total. The molecule has 14 heavy (non-hydrogen) atoms. The predicted molar refractivity (Wildman–Crippen MR) is 59.9 cm³/mol. The molecule has 0 bridgehead atoms. The fourth-order valence-electron chi connectivity index (χ4n) is 1.13. The summed E-state index contributed by atoms with van der Waals surface area (Å²) < 4.78 is 0. The van der Waals surface area contributed by atoms with E-state index in [9.17, 15) is 4.79 Å². The van der Waals surface area contributed by atoms with Crippen LogP contribution in [-0.2, 0) is 4.79 Å². The zero-order valence-electron chi connectivity index (χ0n) is 10.1. The van der Waals surface area contributed by atoms with Crippen molar-refractivity contribution in [2.75, 3.05) is 6.54 Å². The van der Waals surface area contributed by atoms with Crippen LogP contribution in [0, 0.1) is 11.3 Å². The molecule has 0 fully saturated rings. The number of carbonyl (C=O) groups excluding carboxylic acids is 1. The second-order valence-corrected chi connectivity index (χ2v) is 5.31. The molecule has 0 aromatic rings. The van der Waals surface area contributed by atoms with Gasteiger partial charge in [-0.1, -0.05) is 27.7 Å². The molecule has 0 aromatic heterocycles. The fraction of sp³-hybridized carbons (Fsp3) is 0.909. The van der Waals surface area contributed by atoms with Crippen molar-refractivity contribution in [2.24, 2.45) is 17.1 Å². The van der Waals surface area contributed by atoms with Crippen LogP contribution >= 0.6 is 0 Å². The third-order valence-electron chi connectivity index (χ3n) is 2.30. The molecule has 2 unspecified atom stereocenters. The van der Waals surface area contributed by atoms with Crippen LogP contribution in [0.25, 0.3) is 0 Å². The van der Waals surface area contributed by atoms with Crippen molar-refractivity contribution in [1.29, 1.82) is 0 Å². The minimum absolute atomic E-state index is 0.0513. The van der Waals surface area contributed by atoms with Crippen molar-refractivity contribution in [3.8, 4) is 0 Å². The smallest absolute Gasteiger partial charge is 0.220 e. The summed E-state index contributed by atoms with van der Waals surface area (Å²) in [5, 5.41) is 2.97. The monoisotopic (exact) mass is 200 g/mol. The van der Waals surface area contributed by atoms with E-state index in [-0.39, 0.29) is 17.4 Å². The Bertz CT molecular complexity index is 184. The summed E-state index contributed by atoms with van der Waals surface area (Å²) in [6.07, 6.45) is 0.564. The second-order valence-electron chi connectivity index (χ2n) is 5.31. The van der Waals surface area contributed by atoms with E-state index in [0.717, 1.165) is 0 Å². The molecule has 84 valence electrons. The van der Waals surface area contributed by atoms with Crippen LogP contribution in [0.5, 0.6) is 0 Å². The van der Waals surface area contributed by atoms with E-state index in [1.54, 1.807) is 0 Å². The SMILES string of the molecule is CC(CN)C(C)NC(=O)CC(C)(C)C. The fourth-order valence-corrected chi connectivity index (χ4v) is 1.13. The van der Waals surface area contributed by atoms with Crippen LogP contribution in [0.4, 0.5) is 0 Å². The lowest BCUT2D eigenvalue weighted by molar-refractivity contribution is -0.123. The van der Waals surface area contributed by atoms with Crippen molar-refractivity contribution in [3.63, 3.8) is 0 Å². The van der Waals surface area contributed by atoms with E-state index in [1.165, 1.54) is 0 Å². The second kappa shape index (κ2) is 5.35. The Balaban J connectivity index is 3.95. The molecule has 0 saturated heterocycles. The lowest BCUT2D eigenvalue weighted by atomic mass is 9.91. The molecule has 0 rings (SSSR count). The Morgan fingerprint density at radius 1 is 1.36 bits per heavy atom. The van der Waals surface area contributed by atoms with E-state index in [4.69, 9.17) is 5.73 Å². The van der Waals surface area contributed by atoms with Crippen LogP contribution < -0.4 is 11.1 Å². The Morgan fingerprint density at radius 2 is 1.86 bits per heavy atom. The molecule has 1 amide bonds. The van der Waals surface area contributed by atoms with Gasteiger partial charge in [-0.05, 0) is 24.8 Å². The summed E-state index contributed by atoms with van der Waals surface area (Å²) in [6, 6.07) is 0.162. The normalized spacial score (nSPS) is 16.1. The van der Waals surface area contributed by atoms with E-state index in [1.807, 2.05) is 13.8 Å². The van der Waals surface area contributed by atoms with Gasteiger partial charge >= 0.3 is 0 Å². The molecule has 0 heterocycles. The molecule has 3 N–H and O–H groups in total. The average molecular weight is 200 g/mol. The Hall–Kier alpha value is -0.570. The van der Waals surface area contributed by atoms with Crippen LogP contribution in [0.15, 0.2) is 0 Å². The molecule has 0 saturated carbocycles. The van der Waals surface area contributed by atoms with Crippen LogP contribution in [0.1, 0.15) is 41.0 Å². The van der Waals surface area contributed by atoms with Crippen molar-refractivity contribution in [3.05, 3.63) is 0 Å². The first kappa shape index (κ1) is 13.4. The van der Waals surface area contributed by atoms with Crippen LogP contribution in [0.3, 0.4) is 0 Å². The van der Waals surface area contributed by atoms with Gasteiger partial charge in [-0.25, -0.2) is 0 Å². The Labute approximate surface area is 87.4 Å². The summed E-state index contributed by atoms with van der Waals surface area (Å²) in [6.45, 7) is 10.8. The predicted octanol–water partition coefficient (Wildman–Crippen LogP) is 1.52. The first-order chi connectivity index (χ1) is 6.26. The molecule has 0 aliphatic rings. The maximum atomic E-state index is 11.5. The maximum absolute atomic E-state index is 11.5. The third kappa shape index (κ3) is 5.97. The number of amides is 1. The molecular formula is C11H24N2O. The third-order valence-corrected chi connectivity index (χ3v) is 2.30. The highest BCUT2D eigenvalue weighted by Crippen LogP contribution is 2.18. The average Bonchev–Trinajstić information content (AvgIpc) is 1.99. The Kier molecular flexibility index (Phi) is 5.13. The minimum atomic E-state index is 0.0513. The van der Waals surface area contributed by atoms with Gasteiger partial charge in [0.2, 0.25) is 5.91 Å². The van der Waals surface area contributed by atoms with E-state index in [0.29, 0.717) is 18.9 Å². The van der Waals surface area contributed by atoms with Gasteiger partial charge < -0.3 is 11.1 Å². The zero-order chi connectivity index (χ0) is 11.4. The number of rotatable bonds is 4. The van der Waals surface area contributed by atoms with Gasteiger partial charge in [-0.15, -0.1) is 0 Å². The van der Waals surface area contributed by atoms with Gasteiger partial charge in [0.05, 0.1) is 0 Å². The Morgan fingerprint density at radius 3 is 2.21 bits per heavy atom. The number of hydrogen-bond donors (Lipinski definition) is 2. The van der Waals surface area contributed by atoms with Gasteiger partial charge in [-0.2, -0.15) is 0 Å². The first-order valence-electron chi connectivity index (χ1n) is 5.25. The number of nitrogens with two attached hydrogens (primary N) is 1. The minimum Gasteiger partial charge on any atom is -0.353 e. The first-order valence-corrected chi connectivity index (χ1v) is 5.25. The van der Waals surface area contributed by atoms with Crippen molar-refractivity contribution in [2.45, 2.75) is 47.1 Å². The molecule has 0 spiro atoms. The number of hydrogen-bond acceptors (Lipinski definition) is 2. The molecular weight excluding hydrogens is 176 g/mol. The van der Waals surface area contributed by atoms with Crippen LogP contribution in [-0.4, -0.2) is 18.5 Å². The molecule has 0 aliphatic carbocycles. The molecule has 2 atom stereocenters. The van der Waals surface area contributed by atoms with Gasteiger partial charge in [0.15, 0.2) is 0 Å². The summed E-state index contributed by atoms with van der Waals surface area (Å²) >= 11 is 0. The van der Waals surface area contributed by atoms with Gasteiger partial charge in [-0.3, -0.25) is 4.79 Å². The molecule has 0 aromatic carbocycles. The highest BCUT2D eigenvalue weighted by Gasteiger charge is 2.18. The highest BCUT2D eigenvalue weighted by molar-refractivity contribution is 5.76. The lowest BCUT2D eigenvalue weighted by Gasteiger charge is -2.23. The van der Waals surface area contributed by atoms with Gasteiger partial charge in [0, 0.05) is 12.5 Å². The van der Waals surface area contributed by atoms with E-state index in [2.05, 4.69) is 26.1 Å². The maximum Gasteiger partial charge on any atom is 0.220 e. The summed E-state index contributed by atoms with van der Waals surface area (Å²) in [5.41, 5.74) is 5.58. The summed E-state index contributed by atoms with van der Waals surface area (Å²) in [5.74, 6) is 0.448. The lowest BCUT2D eigenvalue weighted by Crippen LogP contribution is -2.40. The van der Waals surface area contributed by atoms with E-state index >= 15 is 0 Å². The van der Waals surface area contributed by atoms with E-state index < -0.39 is 0 Å². The zero-order valence-corrected chi connectivity index (χ0v) is 10.1. The summed E-state index contributed by atoms with van der Waals surface area (Å²) in [7, 11) is 0. The molecule has 0 radical (unpaired) electrons. The standard InChI is InChI=1S/C11H24N2O/c1-8(7-12)9(2)13-10(14)6-11(3,4)5/h8-9H,6-7,12H2,1-5H3,(H,13,14). The highest BCUT2D eigenvalue weighted by atomic mass is 16.1.